The van der Waals surface area contributed by atoms with Crippen LogP contribution in [0, 0.1) is 5.92 Å². The number of benzene rings is 1. The van der Waals surface area contributed by atoms with E-state index >= 15 is 0 Å². The van der Waals surface area contributed by atoms with E-state index in [1.807, 2.05) is 18.2 Å². The Labute approximate surface area is 160 Å². The third-order valence-corrected chi connectivity index (χ3v) is 6.08. The van der Waals surface area contributed by atoms with E-state index < -0.39 is 5.79 Å². The highest BCUT2D eigenvalue weighted by Crippen LogP contribution is 2.38. The normalized spacial score (nSPS) is 22.1. The van der Waals surface area contributed by atoms with Crippen molar-refractivity contribution in [3.63, 3.8) is 0 Å². The lowest BCUT2D eigenvalue weighted by Crippen LogP contribution is -2.37. The minimum Gasteiger partial charge on any atom is -0.356 e. The van der Waals surface area contributed by atoms with Crippen molar-refractivity contribution >= 4 is 17.5 Å². The van der Waals surface area contributed by atoms with E-state index in [2.05, 4.69) is 5.32 Å². The molecule has 2 amide bonds. The fourth-order valence-corrected chi connectivity index (χ4v) is 4.48. The molecular formula is C21H28N2O4. The van der Waals surface area contributed by atoms with Crippen LogP contribution in [0.1, 0.15) is 49.7 Å². The maximum Gasteiger partial charge on any atom is 0.231 e. The molecule has 1 aromatic rings. The second kappa shape index (κ2) is 7.60. The van der Waals surface area contributed by atoms with E-state index in [9.17, 15) is 9.59 Å². The van der Waals surface area contributed by atoms with Gasteiger partial charge in [0.1, 0.15) is 0 Å². The number of carbonyl (C=O) groups excluding carboxylic acids is 2. The zero-order chi connectivity index (χ0) is 18.9. The van der Waals surface area contributed by atoms with Gasteiger partial charge in [0, 0.05) is 37.2 Å². The zero-order valence-electron chi connectivity index (χ0n) is 16.0. The molecule has 0 bridgehead atoms. The van der Waals surface area contributed by atoms with Crippen LogP contribution in [0.2, 0.25) is 0 Å². The van der Waals surface area contributed by atoms with Crippen LogP contribution in [0.25, 0.3) is 0 Å². The number of likely N-dealkylation sites (N-methyl/N-ethyl adjacent to an activating group) is 1. The number of nitrogens with one attached hydrogen (secondary N) is 1. The second-order valence-electron chi connectivity index (χ2n) is 7.80. The highest BCUT2D eigenvalue weighted by molar-refractivity contribution is 6.00. The van der Waals surface area contributed by atoms with E-state index in [1.54, 1.807) is 11.9 Å². The largest absolute Gasteiger partial charge is 0.356 e. The zero-order valence-corrected chi connectivity index (χ0v) is 16.0. The molecule has 2 aliphatic heterocycles. The fraction of sp³-hybridized carbons (Fsp3) is 0.619. The Balaban J connectivity index is 1.43. The van der Waals surface area contributed by atoms with Gasteiger partial charge < -0.3 is 19.7 Å². The average Bonchev–Trinajstić information content (AvgIpc) is 3.28. The molecule has 27 heavy (non-hydrogen) atoms. The van der Waals surface area contributed by atoms with Gasteiger partial charge in [0.15, 0.2) is 5.79 Å². The topological polar surface area (TPSA) is 67.9 Å². The van der Waals surface area contributed by atoms with Crippen molar-refractivity contribution in [3.8, 4) is 0 Å². The number of hydrogen-bond donors (Lipinski definition) is 1. The monoisotopic (exact) mass is 372 g/mol. The standard InChI is InChI=1S/C21H28N2O4/c1-23-18-8-7-17(13-16(18)14-19(23)24)21(26-11-12-27-21)9-10-22-20(25)15-5-3-2-4-6-15/h7-8,13,15H,2-6,9-12,14H2,1H3,(H,22,25). The van der Waals surface area contributed by atoms with Gasteiger partial charge in [-0.1, -0.05) is 25.3 Å². The molecule has 3 aliphatic rings. The summed E-state index contributed by atoms with van der Waals surface area (Å²) in [5.74, 6) is -0.422. The Morgan fingerprint density at radius 1 is 1.22 bits per heavy atom. The Hall–Kier alpha value is -1.92. The lowest BCUT2D eigenvalue weighted by molar-refractivity contribution is -0.170. The van der Waals surface area contributed by atoms with Crippen LogP contribution in [0.15, 0.2) is 18.2 Å². The lowest BCUT2D eigenvalue weighted by Gasteiger charge is -2.29. The molecule has 1 saturated carbocycles. The van der Waals surface area contributed by atoms with Gasteiger partial charge >= 0.3 is 0 Å². The Bertz CT molecular complexity index is 721. The SMILES string of the molecule is CN1C(=O)Cc2cc(C3(CCNC(=O)C4CCCCC4)OCCO3)ccc21. The molecule has 0 radical (unpaired) electrons. The molecule has 0 aromatic heterocycles. The van der Waals surface area contributed by atoms with Crippen LogP contribution < -0.4 is 10.2 Å². The first-order valence-electron chi connectivity index (χ1n) is 10.0. The van der Waals surface area contributed by atoms with Crippen molar-refractivity contribution < 1.29 is 19.1 Å². The summed E-state index contributed by atoms with van der Waals surface area (Å²) in [6.45, 7) is 1.59. The molecule has 2 heterocycles. The van der Waals surface area contributed by atoms with Crippen molar-refractivity contribution in [1.29, 1.82) is 0 Å². The van der Waals surface area contributed by atoms with E-state index in [0.29, 0.717) is 32.6 Å². The molecule has 6 nitrogen and oxygen atoms in total. The van der Waals surface area contributed by atoms with Gasteiger partial charge in [-0.3, -0.25) is 9.59 Å². The van der Waals surface area contributed by atoms with Gasteiger partial charge in [-0.15, -0.1) is 0 Å². The van der Waals surface area contributed by atoms with Crippen molar-refractivity contribution in [3.05, 3.63) is 29.3 Å². The summed E-state index contributed by atoms with van der Waals surface area (Å²) in [6.07, 6.45) is 6.51. The summed E-state index contributed by atoms with van der Waals surface area (Å²) in [5.41, 5.74) is 2.88. The molecule has 1 aliphatic carbocycles. The highest BCUT2D eigenvalue weighted by Gasteiger charge is 2.39. The minimum absolute atomic E-state index is 0.101. The maximum atomic E-state index is 12.4. The summed E-state index contributed by atoms with van der Waals surface area (Å²) in [6, 6.07) is 5.95. The molecule has 0 spiro atoms. The number of fused-ring (bicyclic) bond motifs is 1. The van der Waals surface area contributed by atoms with Crippen molar-refractivity contribution in [2.75, 3.05) is 31.7 Å². The first-order valence-corrected chi connectivity index (χ1v) is 10.0. The van der Waals surface area contributed by atoms with Crippen molar-refractivity contribution in [1.82, 2.24) is 5.32 Å². The molecular weight excluding hydrogens is 344 g/mol. The van der Waals surface area contributed by atoms with Crippen LogP contribution in [0.3, 0.4) is 0 Å². The molecule has 0 atom stereocenters. The van der Waals surface area contributed by atoms with Gasteiger partial charge in [-0.2, -0.15) is 0 Å². The van der Waals surface area contributed by atoms with Crippen LogP contribution in [0.4, 0.5) is 5.69 Å². The summed E-state index contributed by atoms with van der Waals surface area (Å²) in [7, 11) is 1.80. The first-order chi connectivity index (χ1) is 13.1. The summed E-state index contributed by atoms with van der Waals surface area (Å²) >= 11 is 0. The smallest absolute Gasteiger partial charge is 0.231 e. The number of ether oxygens (including phenoxy) is 2. The van der Waals surface area contributed by atoms with Crippen LogP contribution >= 0.6 is 0 Å². The molecule has 4 rings (SSSR count). The van der Waals surface area contributed by atoms with Crippen molar-refractivity contribution in [2.45, 2.75) is 50.7 Å². The summed E-state index contributed by atoms with van der Waals surface area (Å²) < 4.78 is 12.0. The van der Waals surface area contributed by atoms with Crippen LogP contribution in [-0.2, 0) is 31.3 Å². The minimum atomic E-state index is -0.834. The van der Waals surface area contributed by atoms with Crippen LogP contribution in [-0.4, -0.2) is 38.6 Å². The van der Waals surface area contributed by atoms with E-state index in [1.165, 1.54) is 6.42 Å². The van der Waals surface area contributed by atoms with Gasteiger partial charge in [0.2, 0.25) is 11.8 Å². The lowest BCUT2D eigenvalue weighted by atomic mass is 9.88. The van der Waals surface area contributed by atoms with Gasteiger partial charge in [0.25, 0.3) is 0 Å². The highest BCUT2D eigenvalue weighted by atomic mass is 16.7. The number of hydrogen-bond acceptors (Lipinski definition) is 4. The second-order valence-corrected chi connectivity index (χ2v) is 7.80. The molecule has 1 saturated heterocycles. The quantitative estimate of drug-likeness (QED) is 0.862. The average molecular weight is 372 g/mol. The van der Waals surface area contributed by atoms with E-state index in [-0.39, 0.29) is 17.7 Å². The van der Waals surface area contributed by atoms with E-state index in [0.717, 1.165) is 42.5 Å². The fourth-order valence-electron chi connectivity index (χ4n) is 4.48. The number of nitrogens with zero attached hydrogens (tertiary/aromatic N) is 1. The predicted octanol–water partition coefficient (Wildman–Crippen LogP) is 2.49. The number of rotatable bonds is 5. The van der Waals surface area contributed by atoms with E-state index in [4.69, 9.17) is 9.47 Å². The Morgan fingerprint density at radius 3 is 2.70 bits per heavy atom. The van der Waals surface area contributed by atoms with Gasteiger partial charge in [0.05, 0.1) is 19.6 Å². The molecule has 146 valence electrons. The third kappa shape index (κ3) is 3.60. The molecule has 2 fully saturated rings. The Kier molecular flexibility index (Phi) is 5.19. The van der Waals surface area contributed by atoms with Crippen molar-refractivity contribution in [2.24, 2.45) is 5.92 Å². The number of amides is 2. The van der Waals surface area contributed by atoms with Gasteiger partial charge in [-0.25, -0.2) is 0 Å². The number of carbonyl (C=O) groups is 2. The van der Waals surface area contributed by atoms with Crippen LogP contribution in [0.5, 0.6) is 0 Å². The summed E-state index contributed by atoms with van der Waals surface area (Å²) in [5, 5.41) is 3.08. The third-order valence-electron chi connectivity index (χ3n) is 6.08. The number of anilines is 1. The maximum absolute atomic E-state index is 12.4. The van der Waals surface area contributed by atoms with Gasteiger partial charge in [-0.05, 0) is 30.5 Å². The molecule has 1 aromatic carbocycles. The summed E-state index contributed by atoms with van der Waals surface area (Å²) in [4.78, 5) is 26.0. The molecule has 1 N–H and O–H groups in total. The predicted molar refractivity (Wildman–Crippen MR) is 101 cm³/mol. The first kappa shape index (κ1) is 18.4. The molecule has 0 unspecified atom stereocenters. The Morgan fingerprint density at radius 2 is 1.96 bits per heavy atom. The molecule has 6 heteroatoms.